The molecule has 0 radical (unpaired) electrons. The van der Waals surface area contributed by atoms with Crippen LogP contribution in [0.25, 0.3) is 0 Å². The number of phenols is 2. The molecule has 0 aliphatic carbocycles. The van der Waals surface area contributed by atoms with E-state index in [9.17, 15) is 19.8 Å². The van der Waals surface area contributed by atoms with E-state index < -0.39 is 0 Å². The van der Waals surface area contributed by atoms with Gasteiger partial charge in [0.25, 0.3) is 0 Å². The standard InChI is InChI=1S/C20H22N2O4/c1-13-7-15(11-23)19(25)17(9-13)21-3-5-22(6-4-21)18-10-14(2)8-16(12-24)20(18)26/h7-12,25-26H,3-6H2,1-2H3. The predicted molar refractivity (Wildman–Crippen MR) is 101 cm³/mol. The lowest BCUT2D eigenvalue weighted by Gasteiger charge is -2.38. The molecular formula is C20H22N2O4. The van der Waals surface area contributed by atoms with Crippen molar-refractivity contribution < 1.29 is 19.8 Å². The van der Waals surface area contributed by atoms with Crippen LogP contribution in [-0.4, -0.2) is 49.0 Å². The fraction of sp³-hybridized carbons (Fsp3) is 0.300. The number of aryl methyl sites for hydroxylation is 2. The van der Waals surface area contributed by atoms with Crippen molar-refractivity contribution in [3.8, 4) is 11.5 Å². The molecule has 26 heavy (non-hydrogen) atoms. The molecule has 0 amide bonds. The number of phenolic OH excluding ortho intramolecular Hbond substituents is 2. The first-order chi connectivity index (χ1) is 12.4. The summed E-state index contributed by atoms with van der Waals surface area (Å²) >= 11 is 0. The SMILES string of the molecule is Cc1cc(C=O)c(O)c(N2CCN(c3cc(C)cc(C=O)c3O)CC2)c1. The first kappa shape index (κ1) is 17.8. The Morgan fingerprint density at radius 1 is 0.731 bits per heavy atom. The maximum Gasteiger partial charge on any atom is 0.153 e. The highest BCUT2D eigenvalue weighted by Crippen LogP contribution is 2.35. The van der Waals surface area contributed by atoms with Crippen molar-refractivity contribution in [1.29, 1.82) is 0 Å². The van der Waals surface area contributed by atoms with Gasteiger partial charge in [-0.3, -0.25) is 9.59 Å². The number of carbonyl (C=O) groups excluding carboxylic acids is 2. The molecule has 2 N–H and O–H groups in total. The fourth-order valence-corrected chi connectivity index (χ4v) is 3.42. The van der Waals surface area contributed by atoms with E-state index in [1.165, 1.54) is 0 Å². The van der Waals surface area contributed by atoms with Crippen LogP contribution in [0.15, 0.2) is 24.3 Å². The smallest absolute Gasteiger partial charge is 0.153 e. The Morgan fingerprint density at radius 3 is 1.38 bits per heavy atom. The maximum absolute atomic E-state index is 11.1. The second kappa shape index (κ2) is 7.07. The monoisotopic (exact) mass is 354 g/mol. The average Bonchev–Trinajstić information content (AvgIpc) is 2.65. The third-order valence-corrected chi connectivity index (χ3v) is 4.74. The van der Waals surface area contributed by atoms with Crippen molar-refractivity contribution in [3.05, 3.63) is 46.5 Å². The van der Waals surface area contributed by atoms with E-state index >= 15 is 0 Å². The van der Waals surface area contributed by atoms with E-state index in [0.717, 1.165) is 11.1 Å². The highest BCUT2D eigenvalue weighted by atomic mass is 16.3. The summed E-state index contributed by atoms with van der Waals surface area (Å²) in [5.74, 6) is 0.00129. The number of anilines is 2. The second-order valence-electron chi connectivity index (χ2n) is 6.65. The molecule has 0 aromatic heterocycles. The quantitative estimate of drug-likeness (QED) is 0.822. The summed E-state index contributed by atoms with van der Waals surface area (Å²) in [7, 11) is 0. The zero-order chi connectivity index (χ0) is 18.8. The molecule has 3 rings (SSSR count). The maximum atomic E-state index is 11.1. The molecule has 1 aliphatic heterocycles. The zero-order valence-electron chi connectivity index (χ0n) is 14.9. The Balaban J connectivity index is 1.83. The molecule has 0 bridgehead atoms. The van der Waals surface area contributed by atoms with Gasteiger partial charge in [0, 0.05) is 26.2 Å². The van der Waals surface area contributed by atoms with Crippen molar-refractivity contribution in [2.45, 2.75) is 13.8 Å². The first-order valence-corrected chi connectivity index (χ1v) is 8.52. The summed E-state index contributed by atoms with van der Waals surface area (Å²) in [6.07, 6.45) is 1.32. The Kier molecular flexibility index (Phi) is 4.84. The van der Waals surface area contributed by atoms with Gasteiger partial charge in [-0.25, -0.2) is 0 Å². The van der Waals surface area contributed by atoms with E-state index in [1.807, 2.05) is 35.8 Å². The number of aromatic hydroxyl groups is 2. The number of aldehydes is 2. The lowest BCUT2D eigenvalue weighted by atomic mass is 10.1. The van der Waals surface area contributed by atoms with Gasteiger partial charge in [0.15, 0.2) is 12.6 Å². The minimum atomic E-state index is 0.000643. The average molecular weight is 354 g/mol. The summed E-state index contributed by atoms with van der Waals surface area (Å²) in [5.41, 5.74) is 3.69. The molecule has 1 aliphatic rings. The minimum absolute atomic E-state index is 0.000643. The molecule has 1 saturated heterocycles. The van der Waals surface area contributed by atoms with E-state index in [0.29, 0.717) is 50.1 Å². The van der Waals surface area contributed by atoms with Gasteiger partial charge in [0.2, 0.25) is 0 Å². The zero-order valence-corrected chi connectivity index (χ0v) is 14.9. The molecule has 0 spiro atoms. The molecule has 6 heteroatoms. The van der Waals surface area contributed by atoms with Crippen molar-refractivity contribution in [2.75, 3.05) is 36.0 Å². The van der Waals surface area contributed by atoms with E-state index in [2.05, 4.69) is 0 Å². The van der Waals surface area contributed by atoms with Crippen LogP contribution in [0, 0.1) is 13.8 Å². The van der Waals surface area contributed by atoms with Gasteiger partial charge in [0.05, 0.1) is 22.5 Å². The van der Waals surface area contributed by atoms with Crippen molar-refractivity contribution >= 4 is 23.9 Å². The van der Waals surface area contributed by atoms with Crippen LogP contribution in [0.4, 0.5) is 11.4 Å². The molecule has 0 saturated carbocycles. The summed E-state index contributed by atoms with van der Waals surface area (Å²) in [6.45, 7) is 6.27. The van der Waals surface area contributed by atoms with Gasteiger partial charge in [0.1, 0.15) is 11.5 Å². The minimum Gasteiger partial charge on any atom is -0.505 e. The van der Waals surface area contributed by atoms with Crippen molar-refractivity contribution in [2.24, 2.45) is 0 Å². The molecule has 1 fully saturated rings. The van der Waals surface area contributed by atoms with Gasteiger partial charge in [-0.1, -0.05) is 0 Å². The number of carbonyl (C=O) groups is 2. The summed E-state index contributed by atoms with van der Waals surface area (Å²) in [5, 5.41) is 20.7. The highest BCUT2D eigenvalue weighted by Gasteiger charge is 2.23. The van der Waals surface area contributed by atoms with Crippen LogP contribution in [0.2, 0.25) is 0 Å². The molecule has 6 nitrogen and oxygen atoms in total. The molecular weight excluding hydrogens is 332 g/mol. The number of nitrogens with zero attached hydrogens (tertiary/aromatic N) is 2. The largest absolute Gasteiger partial charge is 0.505 e. The summed E-state index contributed by atoms with van der Waals surface area (Å²) < 4.78 is 0. The van der Waals surface area contributed by atoms with Gasteiger partial charge < -0.3 is 20.0 Å². The van der Waals surface area contributed by atoms with Crippen molar-refractivity contribution in [1.82, 2.24) is 0 Å². The number of rotatable bonds is 4. The second-order valence-corrected chi connectivity index (χ2v) is 6.65. The molecule has 0 atom stereocenters. The molecule has 1 heterocycles. The van der Waals surface area contributed by atoms with Crippen LogP contribution in [0.3, 0.4) is 0 Å². The van der Waals surface area contributed by atoms with Crippen LogP contribution in [0.5, 0.6) is 11.5 Å². The van der Waals surface area contributed by atoms with Crippen molar-refractivity contribution in [3.63, 3.8) is 0 Å². The Labute approximate surface area is 152 Å². The van der Waals surface area contributed by atoms with Gasteiger partial charge in [-0.2, -0.15) is 0 Å². The summed E-state index contributed by atoms with van der Waals surface area (Å²) in [6, 6.07) is 7.06. The fourth-order valence-electron chi connectivity index (χ4n) is 3.42. The lowest BCUT2D eigenvalue weighted by molar-refractivity contribution is 0.111. The van der Waals surface area contributed by atoms with Crippen LogP contribution in [0.1, 0.15) is 31.8 Å². The van der Waals surface area contributed by atoms with Gasteiger partial charge in [-0.15, -0.1) is 0 Å². The Hall–Kier alpha value is -3.02. The Bertz CT molecular complexity index is 784. The van der Waals surface area contributed by atoms with Crippen LogP contribution >= 0.6 is 0 Å². The molecule has 2 aromatic carbocycles. The topological polar surface area (TPSA) is 81.1 Å². The normalized spacial score (nSPS) is 14.4. The highest BCUT2D eigenvalue weighted by molar-refractivity contribution is 5.85. The van der Waals surface area contributed by atoms with Gasteiger partial charge >= 0.3 is 0 Å². The molecule has 136 valence electrons. The number of benzene rings is 2. The third kappa shape index (κ3) is 3.22. The number of hydrogen-bond acceptors (Lipinski definition) is 6. The predicted octanol–water partition coefficient (Wildman–Crippen LogP) is 2.67. The first-order valence-electron chi connectivity index (χ1n) is 8.52. The molecule has 0 unspecified atom stereocenters. The van der Waals surface area contributed by atoms with E-state index in [1.54, 1.807) is 12.1 Å². The van der Waals surface area contributed by atoms with Crippen LogP contribution in [-0.2, 0) is 0 Å². The summed E-state index contributed by atoms with van der Waals surface area (Å²) in [4.78, 5) is 26.3. The van der Waals surface area contributed by atoms with E-state index in [-0.39, 0.29) is 22.6 Å². The lowest BCUT2D eigenvalue weighted by Crippen LogP contribution is -2.46. The Morgan fingerprint density at radius 2 is 1.08 bits per heavy atom. The van der Waals surface area contributed by atoms with Crippen LogP contribution < -0.4 is 9.80 Å². The third-order valence-electron chi connectivity index (χ3n) is 4.74. The van der Waals surface area contributed by atoms with Gasteiger partial charge in [-0.05, 0) is 49.2 Å². The van der Waals surface area contributed by atoms with E-state index in [4.69, 9.17) is 0 Å². The molecule has 2 aromatic rings. The number of piperazine rings is 1. The number of hydrogen-bond donors (Lipinski definition) is 2.